The molecule has 0 spiro atoms. The van der Waals surface area contributed by atoms with E-state index in [2.05, 4.69) is 20.5 Å². The lowest BCUT2D eigenvalue weighted by atomic mass is 10.3. The molecule has 0 aliphatic carbocycles. The van der Waals surface area contributed by atoms with E-state index in [1.807, 2.05) is 60.0 Å². The Morgan fingerprint density at radius 2 is 1.90 bits per heavy atom. The van der Waals surface area contributed by atoms with E-state index in [4.69, 9.17) is 9.84 Å². The van der Waals surface area contributed by atoms with Gasteiger partial charge in [0.15, 0.2) is 11.0 Å². The van der Waals surface area contributed by atoms with Crippen molar-refractivity contribution in [1.82, 2.24) is 29.8 Å². The van der Waals surface area contributed by atoms with Crippen LogP contribution in [0, 0.1) is 0 Å². The van der Waals surface area contributed by atoms with Crippen molar-refractivity contribution in [2.45, 2.75) is 18.6 Å². The van der Waals surface area contributed by atoms with Crippen molar-refractivity contribution < 1.29 is 14.6 Å². The maximum atomic E-state index is 11.0. The molecule has 4 aromatic rings. The first-order valence-electron chi connectivity index (χ1n) is 8.96. The van der Waals surface area contributed by atoms with Crippen LogP contribution in [0.1, 0.15) is 12.7 Å². The van der Waals surface area contributed by atoms with Gasteiger partial charge in [0, 0.05) is 5.69 Å². The molecule has 1 N–H and O–H groups in total. The van der Waals surface area contributed by atoms with Gasteiger partial charge in [0.2, 0.25) is 0 Å². The third kappa shape index (κ3) is 4.06. The van der Waals surface area contributed by atoms with E-state index < -0.39 is 5.97 Å². The maximum Gasteiger partial charge on any atom is 0.313 e. The number of aromatic nitrogens is 6. The first kappa shape index (κ1) is 18.9. The zero-order valence-electron chi connectivity index (χ0n) is 15.6. The first-order chi connectivity index (χ1) is 14.2. The van der Waals surface area contributed by atoms with Crippen LogP contribution in [-0.4, -0.2) is 53.2 Å². The highest BCUT2D eigenvalue weighted by molar-refractivity contribution is 7.99. The van der Waals surface area contributed by atoms with Gasteiger partial charge in [-0.15, -0.1) is 15.3 Å². The molecule has 2 aromatic carbocycles. The van der Waals surface area contributed by atoms with Crippen molar-refractivity contribution in [2.75, 3.05) is 12.4 Å². The Kier molecular flexibility index (Phi) is 5.43. The molecule has 0 fully saturated rings. The minimum Gasteiger partial charge on any atom is -0.494 e. The highest BCUT2D eigenvalue weighted by Crippen LogP contribution is 2.24. The summed E-state index contributed by atoms with van der Waals surface area (Å²) < 4.78 is 9.08. The lowest BCUT2D eigenvalue weighted by Crippen LogP contribution is -2.10. The smallest absolute Gasteiger partial charge is 0.313 e. The van der Waals surface area contributed by atoms with Gasteiger partial charge in [-0.05, 0) is 43.3 Å². The summed E-state index contributed by atoms with van der Waals surface area (Å²) in [4.78, 5) is 11.0. The first-order valence-corrected chi connectivity index (χ1v) is 9.94. The molecule has 0 amide bonds. The van der Waals surface area contributed by atoms with Gasteiger partial charge in [0.1, 0.15) is 17.8 Å². The predicted molar refractivity (Wildman–Crippen MR) is 108 cm³/mol. The zero-order valence-corrected chi connectivity index (χ0v) is 16.4. The van der Waals surface area contributed by atoms with Crippen molar-refractivity contribution in [3.8, 4) is 11.4 Å². The third-order valence-corrected chi connectivity index (χ3v) is 5.06. The Morgan fingerprint density at radius 3 is 2.66 bits per heavy atom. The van der Waals surface area contributed by atoms with Gasteiger partial charge in [-0.25, -0.2) is 4.68 Å². The number of aliphatic carboxylic acids is 1. The number of fused-ring (bicyclic) bond motifs is 1. The fourth-order valence-electron chi connectivity index (χ4n) is 2.91. The SMILES string of the molecule is CCOc1ccc(-n2c(Cn3nnc4ccccc43)nnc2SCC(=O)O)cc1. The number of rotatable bonds is 8. The van der Waals surface area contributed by atoms with Gasteiger partial charge in [-0.3, -0.25) is 9.36 Å². The summed E-state index contributed by atoms with van der Waals surface area (Å²) >= 11 is 1.11. The summed E-state index contributed by atoms with van der Waals surface area (Å²) in [5, 5.41) is 26.4. The number of carboxylic acid groups (broad SMARTS) is 1. The molecule has 0 aliphatic heterocycles. The van der Waals surface area contributed by atoms with E-state index in [-0.39, 0.29) is 5.75 Å². The van der Waals surface area contributed by atoms with Crippen LogP contribution in [0.15, 0.2) is 53.7 Å². The molecule has 0 unspecified atom stereocenters. The summed E-state index contributed by atoms with van der Waals surface area (Å²) in [5.41, 5.74) is 2.49. The molecular weight excluding hydrogens is 392 g/mol. The average molecular weight is 410 g/mol. The Balaban J connectivity index is 1.72. The van der Waals surface area contributed by atoms with Crippen molar-refractivity contribution in [2.24, 2.45) is 0 Å². The van der Waals surface area contributed by atoms with Crippen LogP contribution in [0.2, 0.25) is 0 Å². The van der Waals surface area contributed by atoms with Crippen LogP contribution < -0.4 is 4.74 Å². The average Bonchev–Trinajstić information content (AvgIpc) is 3.32. The molecule has 0 bridgehead atoms. The van der Waals surface area contributed by atoms with Crippen LogP contribution >= 0.6 is 11.8 Å². The largest absolute Gasteiger partial charge is 0.494 e. The fourth-order valence-corrected chi connectivity index (χ4v) is 3.60. The Labute approximate surface area is 170 Å². The number of hydrogen-bond acceptors (Lipinski definition) is 7. The molecule has 148 valence electrons. The predicted octanol–water partition coefficient (Wildman–Crippen LogP) is 2.64. The second-order valence-corrected chi connectivity index (χ2v) is 7.02. The number of thioether (sulfide) groups is 1. The van der Waals surface area contributed by atoms with Gasteiger partial charge in [0.25, 0.3) is 0 Å². The number of nitrogens with zero attached hydrogens (tertiary/aromatic N) is 6. The zero-order chi connectivity index (χ0) is 20.2. The maximum absolute atomic E-state index is 11.0. The highest BCUT2D eigenvalue weighted by atomic mass is 32.2. The molecule has 4 rings (SSSR count). The number of carbonyl (C=O) groups is 1. The Hall–Kier alpha value is -3.40. The monoisotopic (exact) mass is 410 g/mol. The van der Waals surface area contributed by atoms with Gasteiger partial charge < -0.3 is 9.84 Å². The standard InChI is InChI=1S/C19H18N6O3S/c1-2-28-14-9-7-13(8-10-14)25-17(21-22-19(25)29-12-18(26)27)11-24-16-6-4-3-5-15(16)20-23-24/h3-10H,2,11-12H2,1H3,(H,26,27). The number of benzene rings is 2. The van der Waals surface area contributed by atoms with E-state index in [1.54, 1.807) is 4.68 Å². The van der Waals surface area contributed by atoms with Gasteiger partial charge in [0.05, 0.1) is 17.9 Å². The molecule has 2 heterocycles. The topological polar surface area (TPSA) is 108 Å². The van der Waals surface area contributed by atoms with Crippen molar-refractivity contribution in [3.05, 3.63) is 54.4 Å². The molecule has 0 saturated heterocycles. The van der Waals surface area contributed by atoms with Crippen LogP contribution in [0.25, 0.3) is 16.7 Å². The van der Waals surface area contributed by atoms with E-state index in [0.717, 1.165) is 34.2 Å². The van der Waals surface area contributed by atoms with Crippen LogP contribution in [0.4, 0.5) is 0 Å². The second-order valence-electron chi connectivity index (χ2n) is 6.08. The number of ether oxygens (including phenoxy) is 1. The molecule has 29 heavy (non-hydrogen) atoms. The molecular formula is C19H18N6O3S. The molecule has 0 radical (unpaired) electrons. The minimum atomic E-state index is -0.917. The van der Waals surface area contributed by atoms with Crippen molar-refractivity contribution in [1.29, 1.82) is 0 Å². The Bertz CT molecular complexity index is 1140. The lowest BCUT2D eigenvalue weighted by molar-refractivity contribution is -0.133. The van der Waals surface area contributed by atoms with Gasteiger partial charge in [-0.2, -0.15) is 0 Å². The normalized spacial score (nSPS) is 11.1. The molecule has 0 atom stereocenters. The highest BCUT2D eigenvalue weighted by Gasteiger charge is 2.17. The summed E-state index contributed by atoms with van der Waals surface area (Å²) in [6.45, 7) is 2.85. The Morgan fingerprint density at radius 1 is 1.10 bits per heavy atom. The summed E-state index contributed by atoms with van der Waals surface area (Å²) in [6.07, 6.45) is 0. The third-order valence-electron chi connectivity index (χ3n) is 4.14. The number of hydrogen-bond donors (Lipinski definition) is 1. The molecule has 0 aliphatic rings. The molecule has 2 aromatic heterocycles. The molecule has 9 nitrogen and oxygen atoms in total. The van der Waals surface area contributed by atoms with E-state index >= 15 is 0 Å². The van der Waals surface area contributed by atoms with Gasteiger partial charge >= 0.3 is 5.97 Å². The second kappa shape index (κ2) is 8.31. The molecule has 0 saturated carbocycles. The van der Waals surface area contributed by atoms with Crippen LogP contribution in [0.5, 0.6) is 5.75 Å². The van der Waals surface area contributed by atoms with Crippen molar-refractivity contribution in [3.63, 3.8) is 0 Å². The van der Waals surface area contributed by atoms with Crippen LogP contribution in [0.3, 0.4) is 0 Å². The van der Waals surface area contributed by atoms with E-state index in [0.29, 0.717) is 24.1 Å². The van der Waals surface area contributed by atoms with E-state index in [9.17, 15) is 4.79 Å². The summed E-state index contributed by atoms with van der Waals surface area (Å²) in [7, 11) is 0. The number of para-hydroxylation sites is 1. The summed E-state index contributed by atoms with van der Waals surface area (Å²) in [6, 6.07) is 15.2. The minimum absolute atomic E-state index is 0.110. The number of carboxylic acids is 1. The fraction of sp³-hybridized carbons (Fsp3) is 0.211. The van der Waals surface area contributed by atoms with Crippen molar-refractivity contribution >= 4 is 28.8 Å². The van der Waals surface area contributed by atoms with Crippen LogP contribution in [-0.2, 0) is 11.3 Å². The quantitative estimate of drug-likeness (QED) is 0.442. The van der Waals surface area contributed by atoms with E-state index in [1.165, 1.54) is 0 Å². The lowest BCUT2D eigenvalue weighted by Gasteiger charge is -2.11. The van der Waals surface area contributed by atoms with Gasteiger partial charge in [-0.1, -0.05) is 29.1 Å². The molecule has 10 heteroatoms. The summed E-state index contributed by atoms with van der Waals surface area (Å²) in [5.74, 6) is 0.354.